The number of aryl methyl sites for hydroxylation is 1. The quantitative estimate of drug-likeness (QED) is 0.339. The van der Waals surface area contributed by atoms with Crippen LogP contribution < -0.4 is 31.7 Å². The SMILES string of the molecule is COC1CCN(CC(=O)NC2=CNC(C)C(NC3NN(C)c4nc(Nc5cnn(C)c5)ncc43)=C2)CC1. The number of methoxy groups -OCH3 is 1. The third kappa shape index (κ3) is 5.84. The highest BCUT2D eigenvalue weighted by molar-refractivity contribution is 5.80. The van der Waals surface area contributed by atoms with Crippen molar-refractivity contribution in [2.45, 2.75) is 38.1 Å². The summed E-state index contributed by atoms with van der Waals surface area (Å²) in [7, 11) is 5.52. The second-order valence-corrected chi connectivity index (χ2v) is 9.61. The number of allylic oxidation sites excluding steroid dienone is 1. The van der Waals surface area contributed by atoms with Gasteiger partial charge in [0.2, 0.25) is 11.9 Å². The van der Waals surface area contributed by atoms with Crippen LogP contribution in [0.25, 0.3) is 0 Å². The molecular formula is C24H35N11O2. The summed E-state index contributed by atoms with van der Waals surface area (Å²) in [6.45, 7) is 4.16. The summed E-state index contributed by atoms with van der Waals surface area (Å²) in [6, 6.07) is 0.0392. The Labute approximate surface area is 216 Å². The van der Waals surface area contributed by atoms with Gasteiger partial charge in [-0.25, -0.2) is 10.4 Å². The lowest BCUT2D eigenvalue weighted by Crippen LogP contribution is -2.44. The highest BCUT2D eigenvalue weighted by atomic mass is 16.5. The molecule has 13 heteroatoms. The highest BCUT2D eigenvalue weighted by Crippen LogP contribution is 2.30. The van der Waals surface area contributed by atoms with Crippen LogP contribution in [0.2, 0.25) is 0 Å². The molecule has 13 nitrogen and oxygen atoms in total. The van der Waals surface area contributed by atoms with Crippen molar-refractivity contribution in [1.82, 2.24) is 46.0 Å². The molecule has 3 aliphatic rings. The van der Waals surface area contributed by atoms with Gasteiger partial charge in [0.15, 0.2) is 5.82 Å². The molecule has 2 unspecified atom stereocenters. The Bertz CT molecular complexity index is 1190. The first kappa shape index (κ1) is 25.0. The summed E-state index contributed by atoms with van der Waals surface area (Å²) in [5.74, 6) is 1.24. The van der Waals surface area contributed by atoms with Crippen LogP contribution >= 0.6 is 0 Å². The zero-order valence-corrected chi connectivity index (χ0v) is 21.7. The van der Waals surface area contributed by atoms with E-state index in [0.717, 1.165) is 54.4 Å². The number of hydrazine groups is 1. The molecule has 1 saturated heterocycles. The number of hydrogen-bond acceptors (Lipinski definition) is 11. The first-order valence-electron chi connectivity index (χ1n) is 12.5. The number of carbonyl (C=O) groups excluding carboxylic acids is 1. The molecule has 0 aliphatic carbocycles. The van der Waals surface area contributed by atoms with Gasteiger partial charge in [0, 0.05) is 58.6 Å². The molecule has 0 radical (unpaired) electrons. The summed E-state index contributed by atoms with van der Waals surface area (Å²) in [5.41, 5.74) is 6.78. The average Bonchev–Trinajstić information content (AvgIpc) is 3.43. The first-order valence-corrected chi connectivity index (χ1v) is 12.5. The number of ether oxygens (including phenoxy) is 1. The molecule has 2 aromatic rings. The summed E-state index contributed by atoms with van der Waals surface area (Å²) >= 11 is 0. The predicted octanol–water partition coefficient (Wildman–Crippen LogP) is 0.440. The standard InChI is InChI=1S/C24H35N11O2/c1-15-20(9-16(10-25-15)28-21(36)14-35-7-5-18(37-4)6-8-35)30-22-19-12-26-24(31-23(19)34(3)32-22)29-17-11-27-33(2)13-17/h9-13,15,18,22,25,30,32H,5-8,14H2,1-4H3,(H,28,36)(H,26,29,31). The van der Waals surface area contributed by atoms with Gasteiger partial charge in [0.05, 0.1) is 41.8 Å². The maximum absolute atomic E-state index is 12.7. The van der Waals surface area contributed by atoms with Gasteiger partial charge in [-0.15, -0.1) is 0 Å². The van der Waals surface area contributed by atoms with Gasteiger partial charge in [-0.1, -0.05) is 0 Å². The van der Waals surface area contributed by atoms with E-state index in [2.05, 4.69) is 53.6 Å². The fourth-order valence-corrected chi connectivity index (χ4v) is 4.71. The Kier molecular flexibility index (Phi) is 7.26. The highest BCUT2D eigenvalue weighted by Gasteiger charge is 2.30. The van der Waals surface area contributed by atoms with Crippen molar-refractivity contribution in [2.24, 2.45) is 7.05 Å². The number of hydrogen-bond donors (Lipinski definition) is 5. The van der Waals surface area contributed by atoms with Crippen molar-refractivity contribution in [1.29, 1.82) is 0 Å². The van der Waals surface area contributed by atoms with Crippen LogP contribution in [0, 0.1) is 0 Å². The molecule has 0 spiro atoms. The summed E-state index contributed by atoms with van der Waals surface area (Å²) in [4.78, 5) is 24.0. The van der Waals surface area contributed by atoms with Gasteiger partial charge < -0.3 is 26.0 Å². The fourth-order valence-electron chi connectivity index (χ4n) is 4.71. The number of nitrogens with zero attached hydrogens (tertiary/aromatic N) is 6. The molecule has 2 aromatic heterocycles. The number of rotatable bonds is 8. The molecule has 5 N–H and O–H groups in total. The van der Waals surface area contributed by atoms with E-state index in [0.29, 0.717) is 18.6 Å². The van der Waals surface area contributed by atoms with Crippen LogP contribution in [0.1, 0.15) is 31.5 Å². The minimum absolute atomic E-state index is 0.0276. The van der Waals surface area contributed by atoms with Crippen molar-refractivity contribution in [3.8, 4) is 0 Å². The molecule has 5 heterocycles. The number of likely N-dealkylation sites (tertiary alicyclic amines) is 1. The number of aromatic nitrogens is 4. The van der Waals surface area contributed by atoms with E-state index in [4.69, 9.17) is 4.74 Å². The van der Waals surface area contributed by atoms with Gasteiger partial charge in [-0.05, 0) is 25.8 Å². The van der Waals surface area contributed by atoms with Crippen LogP contribution in [0.3, 0.4) is 0 Å². The van der Waals surface area contributed by atoms with Crippen molar-refractivity contribution in [3.05, 3.63) is 47.8 Å². The summed E-state index contributed by atoms with van der Waals surface area (Å²) < 4.78 is 7.13. The lowest BCUT2D eigenvalue weighted by Gasteiger charge is -2.31. The Hall–Kier alpha value is -3.68. The van der Waals surface area contributed by atoms with Crippen LogP contribution in [-0.2, 0) is 16.6 Å². The molecule has 0 saturated carbocycles. The number of anilines is 3. The van der Waals surface area contributed by atoms with Crippen LogP contribution in [0.15, 0.2) is 42.3 Å². The van der Waals surface area contributed by atoms with Crippen LogP contribution in [0.5, 0.6) is 0 Å². The zero-order chi connectivity index (χ0) is 25.9. The first-order chi connectivity index (χ1) is 17.9. The largest absolute Gasteiger partial charge is 0.381 e. The third-order valence-corrected chi connectivity index (χ3v) is 6.80. The molecular weight excluding hydrogens is 474 g/mol. The van der Waals surface area contributed by atoms with E-state index in [9.17, 15) is 4.79 Å². The Morgan fingerprint density at radius 1 is 1.24 bits per heavy atom. The molecule has 5 rings (SSSR count). The van der Waals surface area contributed by atoms with Crippen LogP contribution in [-0.4, -0.2) is 76.5 Å². The van der Waals surface area contributed by atoms with Crippen molar-refractivity contribution in [3.63, 3.8) is 0 Å². The van der Waals surface area contributed by atoms with E-state index in [1.165, 1.54) is 0 Å². The third-order valence-electron chi connectivity index (χ3n) is 6.80. The van der Waals surface area contributed by atoms with E-state index < -0.39 is 0 Å². The zero-order valence-electron chi connectivity index (χ0n) is 21.7. The molecule has 0 aromatic carbocycles. The number of nitrogens with one attached hydrogen (secondary N) is 5. The fraction of sp³-hybridized carbons (Fsp3) is 0.500. The molecule has 0 bridgehead atoms. The van der Waals surface area contributed by atoms with Crippen molar-refractivity contribution in [2.75, 3.05) is 44.1 Å². The minimum Gasteiger partial charge on any atom is -0.381 e. The molecule has 198 valence electrons. The molecule has 3 aliphatic heterocycles. The van der Waals surface area contributed by atoms with E-state index in [1.54, 1.807) is 18.0 Å². The second kappa shape index (κ2) is 10.7. The smallest absolute Gasteiger partial charge is 0.238 e. The van der Waals surface area contributed by atoms with Gasteiger partial charge in [0.25, 0.3) is 0 Å². The maximum atomic E-state index is 12.7. The summed E-state index contributed by atoms with van der Waals surface area (Å²) in [5, 5.41) is 19.1. The molecule has 1 fully saturated rings. The lowest BCUT2D eigenvalue weighted by molar-refractivity contribution is -0.122. The van der Waals surface area contributed by atoms with Crippen molar-refractivity contribution < 1.29 is 9.53 Å². The maximum Gasteiger partial charge on any atom is 0.238 e. The van der Waals surface area contributed by atoms with Crippen molar-refractivity contribution >= 4 is 23.4 Å². The molecule has 37 heavy (non-hydrogen) atoms. The topological polar surface area (TPSA) is 137 Å². The number of fused-ring (bicyclic) bond motifs is 1. The molecule has 2 atom stereocenters. The predicted molar refractivity (Wildman–Crippen MR) is 139 cm³/mol. The Balaban J connectivity index is 1.21. The summed E-state index contributed by atoms with van der Waals surface area (Å²) in [6.07, 6.45) is 11.2. The normalized spacial score (nSPS) is 22.1. The number of piperidine rings is 1. The number of amides is 1. The van der Waals surface area contributed by atoms with Gasteiger partial charge in [0.1, 0.15) is 6.17 Å². The minimum atomic E-state index is -0.222. The van der Waals surface area contributed by atoms with E-state index >= 15 is 0 Å². The van der Waals surface area contributed by atoms with E-state index in [1.807, 2.05) is 43.8 Å². The Morgan fingerprint density at radius 3 is 2.78 bits per heavy atom. The number of dihydropyridines is 1. The molecule has 1 amide bonds. The second-order valence-electron chi connectivity index (χ2n) is 9.61. The number of carbonyl (C=O) groups is 1. The van der Waals surface area contributed by atoms with E-state index in [-0.39, 0.29) is 18.1 Å². The average molecular weight is 510 g/mol. The lowest BCUT2D eigenvalue weighted by atomic mass is 10.1. The Morgan fingerprint density at radius 2 is 2.05 bits per heavy atom. The monoisotopic (exact) mass is 509 g/mol. The van der Waals surface area contributed by atoms with Gasteiger partial charge >= 0.3 is 0 Å². The van der Waals surface area contributed by atoms with Gasteiger partial charge in [-0.3, -0.25) is 19.4 Å². The van der Waals surface area contributed by atoms with Crippen LogP contribution in [0.4, 0.5) is 17.5 Å². The van der Waals surface area contributed by atoms with Gasteiger partial charge in [-0.2, -0.15) is 10.1 Å².